The fourth-order valence-electron chi connectivity index (χ4n) is 2.68. The molecule has 8 heteroatoms. The summed E-state index contributed by atoms with van der Waals surface area (Å²) in [4.78, 5) is 15.9. The predicted octanol–water partition coefficient (Wildman–Crippen LogP) is 2.00. The fraction of sp³-hybridized carbons (Fsp3) is 0.647. The van der Waals surface area contributed by atoms with Gasteiger partial charge in [0, 0.05) is 19.5 Å². The van der Waals surface area contributed by atoms with Gasteiger partial charge in [-0.05, 0) is 18.1 Å². The number of aliphatic carboxylic acids is 1. The predicted molar refractivity (Wildman–Crippen MR) is 97.0 cm³/mol. The molecular weight excluding hydrogens is 342 g/mol. The molecule has 0 radical (unpaired) electrons. The van der Waals surface area contributed by atoms with Crippen molar-refractivity contribution in [3.63, 3.8) is 0 Å². The van der Waals surface area contributed by atoms with Crippen molar-refractivity contribution >= 4 is 19.4 Å². The van der Waals surface area contributed by atoms with Crippen molar-refractivity contribution in [2.45, 2.75) is 51.3 Å². The number of pyridine rings is 1. The van der Waals surface area contributed by atoms with Crippen molar-refractivity contribution in [1.82, 2.24) is 4.98 Å². The van der Waals surface area contributed by atoms with Crippen molar-refractivity contribution in [3.05, 3.63) is 17.2 Å². The van der Waals surface area contributed by atoms with Gasteiger partial charge < -0.3 is 24.4 Å². The second-order valence-corrected chi connectivity index (χ2v) is 12.0. The van der Waals surface area contributed by atoms with Gasteiger partial charge in [-0.3, -0.25) is 4.79 Å². The molecule has 0 bridgehead atoms. The molecule has 0 aliphatic heterocycles. The maximum absolute atomic E-state index is 11.3. The number of ether oxygens (including phenoxy) is 3. The number of hydrogen-bond donors (Lipinski definition) is 2. The summed E-state index contributed by atoms with van der Waals surface area (Å²) >= 11 is 0. The van der Waals surface area contributed by atoms with E-state index in [1.807, 2.05) is 0 Å². The van der Waals surface area contributed by atoms with E-state index in [9.17, 15) is 15.0 Å². The number of carbonyl (C=O) groups is 1. The van der Waals surface area contributed by atoms with Crippen molar-refractivity contribution in [2.75, 3.05) is 21.3 Å². The first-order valence-corrected chi connectivity index (χ1v) is 11.6. The standard InChI is InChI=1S/C17H29NO6Si/c1-8-17(21,10-13(19)20)11-9-12(25(5,6)7)18-15(22-2)14(11)16(23-3)24-4/h9,16,21H,8,10H2,1-7H3,(H,19,20)/t17-/m1/s1. The lowest BCUT2D eigenvalue weighted by Crippen LogP contribution is -2.42. The van der Waals surface area contributed by atoms with E-state index in [1.165, 1.54) is 21.3 Å². The summed E-state index contributed by atoms with van der Waals surface area (Å²) in [6, 6.07) is 1.78. The molecule has 1 aromatic heterocycles. The summed E-state index contributed by atoms with van der Waals surface area (Å²) in [5.41, 5.74) is -0.739. The van der Waals surface area contributed by atoms with Crippen LogP contribution in [0.2, 0.25) is 19.6 Å². The fourth-order valence-corrected chi connectivity index (χ4v) is 3.69. The van der Waals surface area contributed by atoms with Crippen LogP contribution in [0.25, 0.3) is 0 Å². The molecule has 0 aliphatic rings. The van der Waals surface area contributed by atoms with E-state index in [2.05, 4.69) is 24.6 Å². The lowest BCUT2D eigenvalue weighted by Gasteiger charge is -2.32. The first-order chi connectivity index (χ1) is 11.5. The van der Waals surface area contributed by atoms with Crippen molar-refractivity contribution in [1.29, 1.82) is 0 Å². The zero-order valence-corrected chi connectivity index (χ0v) is 17.0. The first-order valence-electron chi connectivity index (χ1n) is 8.13. The van der Waals surface area contributed by atoms with Crippen LogP contribution in [0.3, 0.4) is 0 Å². The maximum atomic E-state index is 11.3. The molecule has 7 nitrogen and oxygen atoms in total. The van der Waals surface area contributed by atoms with Crippen LogP contribution in [-0.4, -0.2) is 50.6 Å². The quantitative estimate of drug-likeness (QED) is 0.506. The molecule has 0 fully saturated rings. The Bertz CT molecular complexity index is 612. The Morgan fingerprint density at radius 1 is 1.28 bits per heavy atom. The Balaban J connectivity index is 3.82. The Morgan fingerprint density at radius 3 is 2.20 bits per heavy atom. The minimum absolute atomic E-state index is 0.213. The lowest BCUT2D eigenvalue weighted by molar-refractivity contribution is -0.143. The van der Waals surface area contributed by atoms with E-state index in [0.717, 1.165) is 5.32 Å². The number of nitrogens with zero attached hydrogens (tertiary/aromatic N) is 1. The van der Waals surface area contributed by atoms with Crippen molar-refractivity contribution in [2.24, 2.45) is 0 Å². The van der Waals surface area contributed by atoms with E-state index in [0.29, 0.717) is 11.1 Å². The molecular formula is C17H29NO6Si. The number of hydrogen-bond acceptors (Lipinski definition) is 6. The molecule has 0 saturated carbocycles. The van der Waals surface area contributed by atoms with Crippen LogP contribution in [-0.2, 0) is 19.9 Å². The monoisotopic (exact) mass is 371 g/mol. The van der Waals surface area contributed by atoms with Gasteiger partial charge in [0.15, 0.2) is 6.29 Å². The van der Waals surface area contributed by atoms with Gasteiger partial charge in [-0.1, -0.05) is 26.6 Å². The third-order valence-electron chi connectivity index (χ3n) is 4.18. The smallest absolute Gasteiger partial charge is 0.306 e. The van der Waals surface area contributed by atoms with E-state index >= 15 is 0 Å². The number of carboxylic acid groups (broad SMARTS) is 1. The summed E-state index contributed by atoms with van der Waals surface area (Å²) in [5.74, 6) is -0.812. The van der Waals surface area contributed by atoms with Gasteiger partial charge in [-0.2, -0.15) is 0 Å². The normalized spacial score (nSPS) is 14.4. The first kappa shape index (κ1) is 21.6. The molecule has 1 rings (SSSR count). The van der Waals surface area contributed by atoms with Crippen molar-refractivity contribution < 1.29 is 29.2 Å². The maximum Gasteiger partial charge on any atom is 0.306 e. The molecule has 142 valence electrons. The van der Waals surface area contributed by atoms with Gasteiger partial charge in [-0.15, -0.1) is 0 Å². The van der Waals surface area contributed by atoms with Crippen LogP contribution in [0.4, 0.5) is 0 Å². The molecule has 0 unspecified atom stereocenters. The summed E-state index contributed by atoms with van der Waals surface area (Å²) in [6.45, 7) is 8.09. The number of methoxy groups -OCH3 is 3. The highest BCUT2D eigenvalue weighted by molar-refractivity contribution is 6.88. The summed E-state index contributed by atoms with van der Waals surface area (Å²) < 4.78 is 16.1. The molecule has 0 saturated heterocycles. The molecule has 25 heavy (non-hydrogen) atoms. The average molecular weight is 372 g/mol. The third kappa shape index (κ3) is 4.78. The molecule has 0 spiro atoms. The van der Waals surface area contributed by atoms with Gasteiger partial charge in [0.05, 0.1) is 19.1 Å². The Labute approximate surface area is 150 Å². The second-order valence-electron chi connectivity index (χ2n) is 6.99. The minimum Gasteiger partial charge on any atom is -0.481 e. The highest BCUT2D eigenvalue weighted by Gasteiger charge is 2.38. The molecule has 0 amide bonds. The van der Waals surface area contributed by atoms with Gasteiger partial charge in [-0.25, -0.2) is 4.98 Å². The molecule has 1 aromatic rings. The van der Waals surface area contributed by atoms with Crippen LogP contribution >= 0.6 is 0 Å². The Hall–Kier alpha value is -1.48. The molecule has 1 heterocycles. The number of aromatic nitrogens is 1. The topological polar surface area (TPSA) is 98.1 Å². The Morgan fingerprint density at radius 2 is 1.84 bits per heavy atom. The second kappa shape index (κ2) is 8.26. The van der Waals surface area contributed by atoms with Gasteiger partial charge in [0.25, 0.3) is 0 Å². The molecule has 0 aliphatic carbocycles. The largest absolute Gasteiger partial charge is 0.481 e. The van der Waals surface area contributed by atoms with E-state index in [4.69, 9.17) is 14.2 Å². The SMILES string of the molecule is CC[C@@](O)(CC(=O)O)c1cc([Si](C)(C)C)nc(OC)c1C(OC)OC. The zero-order valence-electron chi connectivity index (χ0n) is 16.0. The van der Waals surface area contributed by atoms with Gasteiger partial charge >= 0.3 is 5.97 Å². The van der Waals surface area contributed by atoms with Gasteiger partial charge in [0.2, 0.25) is 5.88 Å². The lowest BCUT2D eigenvalue weighted by atomic mass is 9.85. The summed E-state index contributed by atoms with van der Waals surface area (Å²) in [6.07, 6.45) is -1.06. The van der Waals surface area contributed by atoms with E-state index in [1.54, 1.807) is 13.0 Å². The number of carboxylic acids is 1. The molecule has 1 atom stereocenters. The van der Waals surface area contributed by atoms with Crippen LogP contribution in [0, 0.1) is 0 Å². The molecule has 0 aromatic carbocycles. The van der Waals surface area contributed by atoms with E-state index < -0.39 is 32.4 Å². The molecule has 2 N–H and O–H groups in total. The van der Waals surface area contributed by atoms with Crippen LogP contribution in [0.1, 0.15) is 37.2 Å². The number of aliphatic hydroxyl groups is 1. The third-order valence-corrected chi connectivity index (χ3v) is 5.97. The summed E-state index contributed by atoms with van der Waals surface area (Å²) in [5, 5.41) is 21.2. The summed E-state index contributed by atoms with van der Waals surface area (Å²) in [7, 11) is 2.56. The van der Waals surface area contributed by atoms with E-state index in [-0.39, 0.29) is 12.3 Å². The van der Waals surface area contributed by atoms with Crippen LogP contribution < -0.4 is 10.1 Å². The van der Waals surface area contributed by atoms with Crippen molar-refractivity contribution in [3.8, 4) is 5.88 Å². The average Bonchev–Trinajstić information content (AvgIpc) is 2.53. The zero-order chi connectivity index (χ0) is 19.4. The highest BCUT2D eigenvalue weighted by Crippen LogP contribution is 2.39. The van der Waals surface area contributed by atoms with Crippen LogP contribution in [0.15, 0.2) is 6.07 Å². The van der Waals surface area contributed by atoms with Crippen LogP contribution in [0.5, 0.6) is 5.88 Å². The highest BCUT2D eigenvalue weighted by atomic mass is 28.3. The Kier molecular flexibility index (Phi) is 7.13. The minimum atomic E-state index is -1.85. The number of rotatable bonds is 9. The van der Waals surface area contributed by atoms with Gasteiger partial charge in [0.1, 0.15) is 13.7 Å².